The van der Waals surface area contributed by atoms with Crippen LogP contribution >= 0.6 is 0 Å². The Balaban J connectivity index is 1.32. The molecule has 180 valence electrons. The first-order chi connectivity index (χ1) is 16.3. The normalized spacial score (nSPS) is 17.1. The third-order valence-corrected chi connectivity index (χ3v) is 6.49. The molecule has 4 heterocycles. The van der Waals surface area contributed by atoms with Crippen molar-refractivity contribution in [1.82, 2.24) is 24.6 Å². The molecule has 0 unspecified atom stereocenters. The van der Waals surface area contributed by atoms with Gasteiger partial charge in [-0.05, 0) is 19.1 Å². The van der Waals surface area contributed by atoms with Gasteiger partial charge in [-0.25, -0.2) is 9.97 Å². The van der Waals surface area contributed by atoms with Gasteiger partial charge in [0.2, 0.25) is 0 Å². The molecule has 5 rings (SSSR count). The average molecular weight is 473 g/mol. The van der Waals surface area contributed by atoms with E-state index < -0.39 is 11.7 Å². The van der Waals surface area contributed by atoms with Crippen LogP contribution in [0.4, 0.5) is 19.0 Å². The van der Waals surface area contributed by atoms with Gasteiger partial charge in [0.25, 0.3) is 0 Å². The van der Waals surface area contributed by atoms with Gasteiger partial charge in [0.15, 0.2) is 5.82 Å². The van der Waals surface area contributed by atoms with Gasteiger partial charge < -0.3 is 9.64 Å². The van der Waals surface area contributed by atoms with Crippen molar-refractivity contribution < 1.29 is 17.9 Å². The maximum atomic E-state index is 12.8. The summed E-state index contributed by atoms with van der Waals surface area (Å²) in [6, 6.07) is 5.00. The van der Waals surface area contributed by atoms with Crippen LogP contribution in [-0.4, -0.2) is 57.5 Å². The number of aryl methyl sites for hydroxylation is 2. The SMILES string of the molecule is Cc1nn(C)c(N2CCOCC2)c1CN1CCc2nc(-c3ccc(C(F)(F)F)cc3)ncc2C1. The summed E-state index contributed by atoms with van der Waals surface area (Å²) in [5.74, 6) is 1.61. The summed E-state index contributed by atoms with van der Waals surface area (Å²) in [5, 5.41) is 4.67. The van der Waals surface area contributed by atoms with E-state index in [4.69, 9.17) is 4.74 Å². The minimum absolute atomic E-state index is 0.457. The van der Waals surface area contributed by atoms with Gasteiger partial charge >= 0.3 is 6.18 Å². The molecule has 2 aromatic heterocycles. The second-order valence-corrected chi connectivity index (χ2v) is 8.81. The molecule has 1 aromatic carbocycles. The molecule has 0 bridgehead atoms. The van der Waals surface area contributed by atoms with E-state index in [1.54, 1.807) is 6.20 Å². The number of hydrogen-bond acceptors (Lipinski definition) is 6. The molecule has 1 fully saturated rings. The number of morpholine rings is 1. The van der Waals surface area contributed by atoms with E-state index in [2.05, 4.69) is 31.8 Å². The smallest absolute Gasteiger partial charge is 0.378 e. The molecular formula is C24H27F3N6O. The third kappa shape index (κ3) is 4.52. The molecule has 2 aliphatic heterocycles. The van der Waals surface area contributed by atoms with E-state index in [1.807, 2.05) is 11.7 Å². The molecule has 34 heavy (non-hydrogen) atoms. The number of benzene rings is 1. The van der Waals surface area contributed by atoms with Gasteiger partial charge in [-0.15, -0.1) is 0 Å². The van der Waals surface area contributed by atoms with Crippen molar-refractivity contribution in [2.75, 3.05) is 37.7 Å². The quantitative estimate of drug-likeness (QED) is 0.579. The molecular weight excluding hydrogens is 445 g/mol. The van der Waals surface area contributed by atoms with Crippen LogP contribution in [0.25, 0.3) is 11.4 Å². The largest absolute Gasteiger partial charge is 0.416 e. The van der Waals surface area contributed by atoms with Crippen LogP contribution in [0.1, 0.15) is 28.1 Å². The monoisotopic (exact) mass is 472 g/mol. The van der Waals surface area contributed by atoms with Crippen LogP contribution in [0.2, 0.25) is 0 Å². The number of fused-ring (bicyclic) bond motifs is 1. The average Bonchev–Trinajstić information content (AvgIpc) is 3.11. The van der Waals surface area contributed by atoms with Crippen molar-refractivity contribution in [3.05, 3.63) is 58.5 Å². The first-order valence-electron chi connectivity index (χ1n) is 11.4. The fraction of sp³-hybridized carbons (Fsp3) is 0.458. The van der Waals surface area contributed by atoms with Gasteiger partial charge in [-0.1, -0.05) is 12.1 Å². The van der Waals surface area contributed by atoms with Gasteiger partial charge in [-0.3, -0.25) is 9.58 Å². The summed E-state index contributed by atoms with van der Waals surface area (Å²) >= 11 is 0. The highest BCUT2D eigenvalue weighted by atomic mass is 19.4. The number of rotatable bonds is 4. The highest BCUT2D eigenvalue weighted by molar-refractivity contribution is 5.56. The third-order valence-electron chi connectivity index (χ3n) is 6.49. The highest BCUT2D eigenvalue weighted by Gasteiger charge is 2.30. The Hall–Kier alpha value is -2.98. The van der Waals surface area contributed by atoms with Crippen LogP contribution in [0, 0.1) is 6.92 Å². The lowest BCUT2D eigenvalue weighted by Gasteiger charge is -2.32. The minimum Gasteiger partial charge on any atom is -0.378 e. The predicted octanol–water partition coefficient (Wildman–Crippen LogP) is 3.60. The highest BCUT2D eigenvalue weighted by Crippen LogP contribution is 2.31. The fourth-order valence-corrected chi connectivity index (χ4v) is 4.73. The predicted molar refractivity (Wildman–Crippen MR) is 121 cm³/mol. The number of nitrogens with zero attached hydrogens (tertiary/aromatic N) is 6. The van der Waals surface area contributed by atoms with E-state index >= 15 is 0 Å². The minimum atomic E-state index is -4.35. The van der Waals surface area contributed by atoms with Gasteiger partial charge in [0.1, 0.15) is 5.82 Å². The topological polar surface area (TPSA) is 59.3 Å². The molecule has 0 atom stereocenters. The van der Waals surface area contributed by atoms with Crippen molar-refractivity contribution in [2.24, 2.45) is 7.05 Å². The summed E-state index contributed by atoms with van der Waals surface area (Å²) in [6.07, 6.45) is -1.79. The second-order valence-electron chi connectivity index (χ2n) is 8.81. The maximum Gasteiger partial charge on any atom is 0.416 e. The van der Waals surface area contributed by atoms with Crippen LogP contribution in [0.3, 0.4) is 0 Å². The standard InChI is InChI=1S/C24H27F3N6O/c1-16-20(23(31(2)30-16)33-9-11-34-12-10-33)15-32-8-7-21-18(14-32)13-28-22(29-21)17-3-5-19(6-4-17)24(25,26)27/h3-6,13H,7-12,14-15H2,1-2H3. The molecule has 0 radical (unpaired) electrons. The van der Waals surface area contributed by atoms with Gasteiger partial charge in [0, 0.05) is 69.1 Å². The summed E-state index contributed by atoms with van der Waals surface area (Å²) in [7, 11) is 1.99. The Bertz CT molecular complexity index is 1170. The maximum absolute atomic E-state index is 12.8. The molecule has 0 spiro atoms. The van der Waals surface area contributed by atoms with Crippen LogP contribution in [0.5, 0.6) is 0 Å². The zero-order valence-electron chi connectivity index (χ0n) is 19.3. The van der Waals surface area contributed by atoms with E-state index in [1.165, 1.54) is 17.7 Å². The zero-order valence-corrected chi connectivity index (χ0v) is 19.3. The lowest BCUT2D eigenvalue weighted by atomic mass is 10.1. The molecule has 0 aliphatic carbocycles. The molecule has 2 aliphatic rings. The fourth-order valence-electron chi connectivity index (χ4n) is 4.73. The first-order valence-corrected chi connectivity index (χ1v) is 11.4. The molecule has 0 saturated carbocycles. The van der Waals surface area contributed by atoms with Crippen molar-refractivity contribution in [1.29, 1.82) is 0 Å². The van der Waals surface area contributed by atoms with Crippen molar-refractivity contribution in [3.8, 4) is 11.4 Å². The lowest BCUT2D eigenvalue weighted by Crippen LogP contribution is -2.38. The Morgan fingerprint density at radius 2 is 1.79 bits per heavy atom. The van der Waals surface area contributed by atoms with Crippen molar-refractivity contribution in [3.63, 3.8) is 0 Å². The Morgan fingerprint density at radius 3 is 2.50 bits per heavy atom. The molecule has 0 amide bonds. The first kappa shape index (κ1) is 22.8. The van der Waals surface area contributed by atoms with E-state index in [0.29, 0.717) is 11.4 Å². The lowest BCUT2D eigenvalue weighted by molar-refractivity contribution is -0.137. The van der Waals surface area contributed by atoms with Crippen molar-refractivity contribution >= 4 is 5.82 Å². The Kier molecular flexibility index (Phi) is 6.03. The summed E-state index contributed by atoms with van der Waals surface area (Å²) in [5.41, 5.74) is 4.18. The van der Waals surface area contributed by atoms with Crippen LogP contribution < -0.4 is 4.90 Å². The Morgan fingerprint density at radius 1 is 1.06 bits per heavy atom. The summed E-state index contributed by atoms with van der Waals surface area (Å²) in [6.45, 7) is 7.55. The van der Waals surface area contributed by atoms with Gasteiger partial charge in [0.05, 0.1) is 30.2 Å². The van der Waals surface area contributed by atoms with Crippen LogP contribution in [-0.2, 0) is 37.5 Å². The molecule has 1 saturated heterocycles. The Labute approximate surface area is 196 Å². The molecule has 10 heteroatoms. The summed E-state index contributed by atoms with van der Waals surface area (Å²) in [4.78, 5) is 13.8. The van der Waals surface area contributed by atoms with Gasteiger partial charge in [-0.2, -0.15) is 18.3 Å². The van der Waals surface area contributed by atoms with Crippen molar-refractivity contribution in [2.45, 2.75) is 32.6 Å². The molecule has 0 N–H and O–H groups in total. The van der Waals surface area contributed by atoms with Crippen LogP contribution in [0.15, 0.2) is 30.5 Å². The van der Waals surface area contributed by atoms with E-state index in [0.717, 1.165) is 87.3 Å². The second kappa shape index (κ2) is 8.99. The number of alkyl halides is 3. The van der Waals surface area contributed by atoms with E-state index in [9.17, 15) is 13.2 Å². The summed E-state index contributed by atoms with van der Waals surface area (Å²) < 4.78 is 46.0. The molecule has 3 aromatic rings. The molecule has 7 nitrogen and oxygen atoms in total. The number of hydrogen-bond donors (Lipinski definition) is 0. The zero-order chi connectivity index (χ0) is 23.9. The number of aromatic nitrogens is 4. The number of halogens is 3. The van der Waals surface area contributed by atoms with E-state index in [-0.39, 0.29) is 0 Å². The number of ether oxygens (including phenoxy) is 1. The number of anilines is 1.